The van der Waals surface area contributed by atoms with Crippen LogP contribution in [0.3, 0.4) is 0 Å². The summed E-state index contributed by atoms with van der Waals surface area (Å²) in [4.78, 5) is 17.3. The van der Waals surface area contributed by atoms with E-state index in [0.717, 1.165) is 24.8 Å². The molecular formula is C27H31FN2O5S. The molecule has 2 heterocycles. The molecule has 0 saturated heterocycles. The number of carbonyl (C=O) groups is 1. The van der Waals surface area contributed by atoms with Crippen molar-refractivity contribution in [3.8, 4) is 17.0 Å². The largest absolute Gasteiger partial charge is 0.481 e. The highest BCUT2D eigenvalue weighted by Gasteiger charge is 2.27. The Labute approximate surface area is 210 Å². The lowest BCUT2D eigenvalue weighted by atomic mass is 9.78. The molecule has 0 amide bonds. The van der Waals surface area contributed by atoms with Gasteiger partial charge in [0, 0.05) is 30.3 Å². The molecule has 0 unspecified atom stereocenters. The number of aromatic nitrogens is 1. The van der Waals surface area contributed by atoms with Crippen molar-refractivity contribution in [3.05, 3.63) is 65.3 Å². The fraction of sp³-hybridized carbons (Fsp3) is 0.407. The zero-order chi connectivity index (χ0) is 26.1. The third-order valence-corrected chi connectivity index (χ3v) is 8.23. The number of furan rings is 1. The maximum atomic E-state index is 14.7. The van der Waals surface area contributed by atoms with Gasteiger partial charge < -0.3 is 14.3 Å². The molecule has 36 heavy (non-hydrogen) atoms. The quantitative estimate of drug-likeness (QED) is 0.381. The first-order valence-electron chi connectivity index (χ1n) is 11.9. The maximum Gasteiger partial charge on any atom is 0.213 e. The highest BCUT2D eigenvalue weighted by atomic mass is 32.2. The van der Waals surface area contributed by atoms with Gasteiger partial charge in [-0.05, 0) is 66.6 Å². The molecule has 0 spiro atoms. The van der Waals surface area contributed by atoms with E-state index in [9.17, 15) is 18.5 Å². The van der Waals surface area contributed by atoms with Gasteiger partial charge in [0.05, 0.1) is 24.7 Å². The average Bonchev–Trinajstić information content (AvgIpc) is 3.29. The van der Waals surface area contributed by atoms with Crippen molar-refractivity contribution in [1.29, 1.82) is 4.78 Å². The Morgan fingerprint density at radius 3 is 2.67 bits per heavy atom. The molecular weight excluding hydrogens is 483 g/mol. The lowest BCUT2D eigenvalue weighted by Gasteiger charge is -2.27. The number of benzene rings is 1. The molecule has 192 valence electrons. The first-order chi connectivity index (χ1) is 17.0. The molecule has 0 bridgehead atoms. The lowest BCUT2D eigenvalue weighted by Crippen LogP contribution is -2.20. The fourth-order valence-electron chi connectivity index (χ4n) is 4.39. The number of aliphatic hydroxyl groups is 1. The Balaban J connectivity index is 1.67. The van der Waals surface area contributed by atoms with Crippen LogP contribution in [0.25, 0.3) is 11.1 Å². The minimum absolute atomic E-state index is 0.1000. The highest BCUT2D eigenvalue weighted by Crippen LogP contribution is 2.35. The summed E-state index contributed by atoms with van der Waals surface area (Å²) in [6.07, 6.45) is 6.62. The van der Waals surface area contributed by atoms with E-state index in [1.165, 1.54) is 31.6 Å². The van der Waals surface area contributed by atoms with Crippen LogP contribution in [-0.4, -0.2) is 32.9 Å². The summed E-state index contributed by atoms with van der Waals surface area (Å²) in [6, 6.07) is 7.64. The van der Waals surface area contributed by atoms with E-state index in [-0.39, 0.29) is 11.5 Å². The number of hydrogen-bond acceptors (Lipinski definition) is 7. The van der Waals surface area contributed by atoms with Crippen molar-refractivity contribution >= 4 is 15.5 Å². The SMILES string of the molecule is COc1cc(-c2cc(F)cc(CC3CCC3)c2CC(=O)C[S@](=N)(=O)c2cc(C(C)(C)O)co2)ccn1. The van der Waals surface area contributed by atoms with Crippen molar-refractivity contribution in [3.63, 3.8) is 0 Å². The van der Waals surface area contributed by atoms with Crippen molar-refractivity contribution < 1.29 is 27.7 Å². The van der Waals surface area contributed by atoms with Crippen molar-refractivity contribution in [2.75, 3.05) is 12.9 Å². The van der Waals surface area contributed by atoms with Gasteiger partial charge in [0.2, 0.25) is 5.88 Å². The van der Waals surface area contributed by atoms with Crippen molar-refractivity contribution in [1.82, 2.24) is 4.98 Å². The van der Waals surface area contributed by atoms with E-state index in [0.29, 0.717) is 40.5 Å². The van der Waals surface area contributed by atoms with Gasteiger partial charge >= 0.3 is 0 Å². The molecule has 0 aliphatic heterocycles. The first kappa shape index (κ1) is 26.0. The van der Waals surface area contributed by atoms with Crippen LogP contribution in [0.15, 0.2) is 52.3 Å². The predicted molar refractivity (Wildman–Crippen MR) is 134 cm³/mol. The number of carbonyl (C=O) groups excluding carboxylic acids is 1. The monoisotopic (exact) mass is 514 g/mol. The standard InChI is InChI=1S/C27H31FN2O5S/c1-27(2,32)20-12-26(35-15-20)36(29,33)16-22(31)14-24-19(9-17-5-4-6-17)10-21(28)13-23(24)18-7-8-30-25(11-18)34-3/h7-8,10-13,15,17,29,32H,4-6,9,14,16H2,1-3H3/t36-/m0/s1. The average molecular weight is 515 g/mol. The first-order valence-corrected chi connectivity index (χ1v) is 13.6. The third kappa shape index (κ3) is 5.84. The summed E-state index contributed by atoms with van der Waals surface area (Å²) in [5.41, 5.74) is 1.77. The Kier molecular flexibility index (Phi) is 7.33. The van der Waals surface area contributed by atoms with Crippen LogP contribution in [0.4, 0.5) is 4.39 Å². The lowest BCUT2D eigenvalue weighted by molar-refractivity contribution is -0.116. The van der Waals surface area contributed by atoms with E-state index in [1.807, 2.05) is 0 Å². The Morgan fingerprint density at radius 2 is 2.06 bits per heavy atom. The highest BCUT2D eigenvalue weighted by molar-refractivity contribution is 7.93. The number of nitrogens with one attached hydrogen (secondary N) is 1. The second-order valence-corrected chi connectivity index (χ2v) is 12.0. The molecule has 2 N–H and O–H groups in total. The van der Waals surface area contributed by atoms with Gasteiger partial charge in [0.1, 0.15) is 15.5 Å². The van der Waals surface area contributed by atoms with Crippen molar-refractivity contribution in [2.24, 2.45) is 5.92 Å². The second-order valence-electron chi connectivity index (χ2n) is 9.93. The number of nitrogens with zero attached hydrogens (tertiary/aromatic N) is 1. The van der Waals surface area contributed by atoms with Gasteiger partial charge in [-0.15, -0.1) is 0 Å². The number of halogens is 1. The molecule has 1 fully saturated rings. The normalized spacial score (nSPS) is 15.8. The number of ketones is 1. The smallest absolute Gasteiger partial charge is 0.213 e. The summed E-state index contributed by atoms with van der Waals surface area (Å²) in [6.45, 7) is 3.10. The zero-order valence-electron chi connectivity index (χ0n) is 20.7. The van der Waals surface area contributed by atoms with Gasteiger partial charge in [-0.1, -0.05) is 19.3 Å². The number of ether oxygens (including phenoxy) is 1. The number of hydrogen-bond donors (Lipinski definition) is 2. The van der Waals surface area contributed by atoms with Crippen LogP contribution in [-0.2, 0) is 33.0 Å². The molecule has 1 atom stereocenters. The molecule has 0 radical (unpaired) electrons. The van der Waals surface area contributed by atoms with Crippen LogP contribution in [0.2, 0.25) is 0 Å². The van der Waals surface area contributed by atoms with Crippen LogP contribution in [0.5, 0.6) is 5.88 Å². The van der Waals surface area contributed by atoms with Gasteiger partial charge in [0.25, 0.3) is 0 Å². The fourth-order valence-corrected chi connectivity index (χ4v) is 5.61. The van der Waals surface area contributed by atoms with Crippen molar-refractivity contribution in [2.45, 2.75) is 56.6 Å². The number of pyridine rings is 1. The van der Waals surface area contributed by atoms with Gasteiger partial charge in [-0.3, -0.25) is 4.79 Å². The zero-order valence-corrected chi connectivity index (χ0v) is 21.5. The Morgan fingerprint density at radius 1 is 1.31 bits per heavy atom. The maximum absolute atomic E-state index is 14.7. The Bertz CT molecular complexity index is 1370. The minimum Gasteiger partial charge on any atom is -0.481 e. The summed E-state index contributed by atoms with van der Waals surface area (Å²) in [7, 11) is -2.08. The van der Waals surface area contributed by atoms with Gasteiger partial charge in [-0.2, -0.15) is 0 Å². The number of Topliss-reactive ketones (excluding diaryl/α,β-unsaturated/α-hetero) is 1. The third-order valence-electron chi connectivity index (χ3n) is 6.64. The molecule has 9 heteroatoms. The second kappa shape index (κ2) is 10.1. The molecule has 1 aliphatic rings. The molecule has 1 aliphatic carbocycles. The minimum atomic E-state index is -3.58. The molecule has 7 nitrogen and oxygen atoms in total. The predicted octanol–water partition coefficient (Wildman–Crippen LogP) is 5.28. The summed E-state index contributed by atoms with van der Waals surface area (Å²) in [5.74, 6) is -0.566. The van der Waals surface area contributed by atoms with Gasteiger partial charge in [0.15, 0.2) is 10.9 Å². The molecule has 4 rings (SSSR count). The van der Waals surface area contributed by atoms with Crippen LogP contribution < -0.4 is 4.74 Å². The number of methoxy groups -OCH3 is 1. The van der Waals surface area contributed by atoms with E-state index in [2.05, 4.69) is 4.98 Å². The molecule has 1 saturated carbocycles. The van der Waals surface area contributed by atoms with E-state index in [1.54, 1.807) is 32.2 Å². The molecule has 1 aromatic carbocycles. The van der Waals surface area contributed by atoms with E-state index in [4.69, 9.17) is 13.9 Å². The molecule has 2 aromatic heterocycles. The van der Waals surface area contributed by atoms with Crippen LogP contribution >= 0.6 is 0 Å². The number of rotatable bonds is 10. The summed E-state index contributed by atoms with van der Waals surface area (Å²) >= 11 is 0. The Hall–Kier alpha value is -3.04. The van der Waals surface area contributed by atoms with E-state index >= 15 is 0 Å². The van der Waals surface area contributed by atoms with E-state index < -0.39 is 32.7 Å². The van der Waals surface area contributed by atoms with Gasteiger partial charge in [-0.25, -0.2) is 18.4 Å². The molecule has 3 aromatic rings. The van der Waals surface area contributed by atoms with Crippen LogP contribution in [0, 0.1) is 16.5 Å². The topological polar surface area (TPSA) is 113 Å². The summed E-state index contributed by atoms with van der Waals surface area (Å²) < 4.78 is 46.7. The van der Waals surface area contributed by atoms with Crippen LogP contribution in [0.1, 0.15) is 49.8 Å². The summed E-state index contributed by atoms with van der Waals surface area (Å²) in [5, 5.41) is 9.99.